The molecule has 0 spiro atoms. The minimum Gasteiger partial charge on any atom is -0.459 e. The lowest BCUT2D eigenvalue weighted by Gasteiger charge is -2.35. The first-order chi connectivity index (χ1) is 11.9. The molecule has 0 aliphatic heterocycles. The summed E-state index contributed by atoms with van der Waals surface area (Å²) >= 11 is 0. The van der Waals surface area contributed by atoms with E-state index in [1.54, 1.807) is 13.1 Å². The first-order valence-corrected chi connectivity index (χ1v) is 9.21. The van der Waals surface area contributed by atoms with Gasteiger partial charge in [0.2, 0.25) is 0 Å². The fourth-order valence-corrected chi connectivity index (χ4v) is 3.11. The Morgan fingerprint density at radius 1 is 1.28 bits per heavy atom. The topological polar surface area (TPSA) is 78.7 Å². The van der Waals surface area contributed by atoms with Gasteiger partial charge in [-0.1, -0.05) is 13.8 Å². The minimum absolute atomic E-state index is 0.158. The molecule has 1 aliphatic carbocycles. The van der Waals surface area contributed by atoms with E-state index in [0.29, 0.717) is 23.8 Å². The molecule has 1 amide bonds. The summed E-state index contributed by atoms with van der Waals surface area (Å²) in [7, 11) is 1.80. The van der Waals surface area contributed by atoms with Crippen molar-refractivity contribution in [3.8, 4) is 0 Å². The molecule has 2 rings (SSSR count). The van der Waals surface area contributed by atoms with Gasteiger partial charge in [-0.2, -0.15) is 0 Å². The summed E-state index contributed by atoms with van der Waals surface area (Å²) in [5, 5.41) is 9.71. The van der Waals surface area contributed by atoms with Crippen LogP contribution in [-0.4, -0.2) is 38.0 Å². The highest BCUT2D eigenvalue weighted by molar-refractivity contribution is 5.92. The molecule has 3 N–H and O–H groups in total. The van der Waals surface area contributed by atoms with Gasteiger partial charge >= 0.3 is 0 Å². The number of aliphatic imine (C=N–C) groups is 1. The van der Waals surface area contributed by atoms with Gasteiger partial charge in [-0.25, -0.2) is 0 Å². The van der Waals surface area contributed by atoms with Crippen LogP contribution in [0.1, 0.15) is 62.1 Å². The van der Waals surface area contributed by atoms with E-state index < -0.39 is 0 Å². The van der Waals surface area contributed by atoms with E-state index >= 15 is 0 Å². The zero-order chi connectivity index (χ0) is 18.3. The standard InChI is InChI=1S/C19H32N4O2/c1-14-8-13-25-16(14)17(24)21-11-5-12-22-18(20-4)23-15-6-9-19(2,3)10-7-15/h8,13,15H,5-7,9-12H2,1-4H3,(H,21,24)(H2,20,22,23). The van der Waals surface area contributed by atoms with Gasteiger partial charge in [0.15, 0.2) is 11.7 Å². The highest BCUT2D eigenvalue weighted by Crippen LogP contribution is 2.34. The summed E-state index contributed by atoms with van der Waals surface area (Å²) in [6, 6.07) is 2.29. The lowest BCUT2D eigenvalue weighted by Crippen LogP contribution is -2.46. The van der Waals surface area contributed by atoms with E-state index in [9.17, 15) is 4.79 Å². The molecule has 1 saturated carbocycles. The molecule has 1 aliphatic rings. The number of guanidine groups is 1. The summed E-state index contributed by atoms with van der Waals surface area (Å²) in [4.78, 5) is 16.2. The third-order valence-corrected chi connectivity index (χ3v) is 4.90. The molecule has 0 unspecified atom stereocenters. The molecular weight excluding hydrogens is 316 g/mol. The van der Waals surface area contributed by atoms with Crippen LogP contribution < -0.4 is 16.0 Å². The number of hydrogen-bond donors (Lipinski definition) is 3. The molecule has 0 atom stereocenters. The van der Waals surface area contributed by atoms with E-state index in [-0.39, 0.29) is 5.91 Å². The molecule has 0 radical (unpaired) electrons. The van der Waals surface area contributed by atoms with Crippen molar-refractivity contribution in [3.63, 3.8) is 0 Å². The Balaban J connectivity index is 1.62. The molecule has 1 aromatic rings. The molecular formula is C19H32N4O2. The van der Waals surface area contributed by atoms with Gasteiger partial charge in [-0.15, -0.1) is 0 Å². The number of carbonyl (C=O) groups is 1. The fourth-order valence-electron chi connectivity index (χ4n) is 3.11. The van der Waals surface area contributed by atoms with Gasteiger partial charge in [0.25, 0.3) is 5.91 Å². The van der Waals surface area contributed by atoms with Crippen LogP contribution in [0.15, 0.2) is 21.7 Å². The van der Waals surface area contributed by atoms with E-state index in [1.807, 2.05) is 6.92 Å². The van der Waals surface area contributed by atoms with E-state index in [0.717, 1.165) is 24.5 Å². The summed E-state index contributed by atoms with van der Waals surface area (Å²) < 4.78 is 5.18. The third kappa shape index (κ3) is 6.11. The van der Waals surface area contributed by atoms with Crippen molar-refractivity contribution in [1.82, 2.24) is 16.0 Å². The van der Waals surface area contributed by atoms with Crippen LogP contribution in [-0.2, 0) is 0 Å². The average Bonchev–Trinajstić information content (AvgIpc) is 3.01. The molecule has 25 heavy (non-hydrogen) atoms. The second-order valence-corrected chi connectivity index (χ2v) is 7.62. The van der Waals surface area contributed by atoms with Crippen LogP contribution in [0.2, 0.25) is 0 Å². The van der Waals surface area contributed by atoms with Crippen molar-refractivity contribution < 1.29 is 9.21 Å². The number of aryl methyl sites for hydroxylation is 1. The second-order valence-electron chi connectivity index (χ2n) is 7.62. The van der Waals surface area contributed by atoms with E-state index in [2.05, 4.69) is 34.8 Å². The Kier molecular flexibility index (Phi) is 6.91. The molecule has 1 fully saturated rings. The van der Waals surface area contributed by atoms with Crippen molar-refractivity contribution in [3.05, 3.63) is 23.7 Å². The monoisotopic (exact) mass is 348 g/mol. The van der Waals surface area contributed by atoms with E-state index in [1.165, 1.54) is 31.9 Å². The maximum atomic E-state index is 11.9. The largest absolute Gasteiger partial charge is 0.459 e. The van der Waals surface area contributed by atoms with Crippen LogP contribution >= 0.6 is 0 Å². The van der Waals surface area contributed by atoms with Crippen LogP contribution in [0, 0.1) is 12.3 Å². The Morgan fingerprint density at radius 3 is 2.56 bits per heavy atom. The Bertz CT molecular complexity index is 582. The molecule has 0 aromatic carbocycles. The minimum atomic E-state index is -0.158. The molecule has 0 saturated heterocycles. The zero-order valence-corrected chi connectivity index (χ0v) is 15.9. The Morgan fingerprint density at radius 2 is 1.96 bits per heavy atom. The first kappa shape index (κ1) is 19.3. The molecule has 140 valence electrons. The van der Waals surface area contributed by atoms with Crippen LogP contribution in [0.4, 0.5) is 0 Å². The van der Waals surface area contributed by atoms with Gasteiger partial charge in [-0.3, -0.25) is 9.79 Å². The molecule has 1 aromatic heterocycles. The van der Waals surface area contributed by atoms with Crippen LogP contribution in [0.3, 0.4) is 0 Å². The number of carbonyl (C=O) groups excluding carboxylic acids is 1. The summed E-state index contributed by atoms with van der Waals surface area (Å²) in [5.74, 6) is 1.08. The number of hydrogen-bond acceptors (Lipinski definition) is 3. The van der Waals surface area contributed by atoms with Crippen molar-refractivity contribution in [2.75, 3.05) is 20.1 Å². The normalized spacial score (nSPS) is 18.0. The first-order valence-electron chi connectivity index (χ1n) is 9.21. The number of amides is 1. The molecule has 0 bridgehead atoms. The second kappa shape index (κ2) is 8.92. The predicted molar refractivity (Wildman–Crippen MR) is 101 cm³/mol. The van der Waals surface area contributed by atoms with Crippen molar-refractivity contribution in [1.29, 1.82) is 0 Å². The summed E-state index contributed by atoms with van der Waals surface area (Å²) in [6.45, 7) is 7.90. The Hall–Kier alpha value is -1.98. The Labute approximate surface area is 150 Å². The van der Waals surface area contributed by atoms with E-state index in [4.69, 9.17) is 4.42 Å². The SMILES string of the molecule is CN=C(NCCCNC(=O)c1occc1C)NC1CCC(C)(C)CC1. The van der Waals surface area contributed by atoms with Crippen LogP contribution in [0.25, 0.3) is 0 Å². The lowest BCUT2D eigenvalue weighted by molar-refractivity contribution is 0.0925. The predicted octanol–water partition coefficient (Wildman–Crippen LogP) is 2.84. The zero-order valence-electron chi connectivity index (χ0n) is 15.9. The third-order valence-electron chi connectivity index (χ3n) is 4.90. The molecule has 6 heteroatoms. The summed E-state index contributed by atoms with van der Waals surface area (Å²) in [6.07, 6.45) is 7.23. The number of rotatable bonds is 6. The van der Waals surface area contributed by atoms with Crippen molar-refractivity contribution >= 4 is 11.9 Å². The quantitative estimate of drug-likeness (QED) is 0.420. The molecule has 1 heterocycles. The fraction of sp³-hybridized carbons (Fsp3) is 0.684. The number of furan rings is 1. The van der Waals surface area contributed by atoms with Crippen molar-refractivity contribution in [2.45, 2.75) is 58.9 Å². The number of nitrogens with zero attached hydrogens (tertiary/aromatic N) is 1. The maximum Gasteiger partial charge on any atom is 0.287 e. The molecule has 6 nitrogen and oxygen atoms in total. The number of nitrogens with one attached hydrogen (secondary N) is 3. The maximum absolute atomic E-state index is 11.9. The highest BCUT2D eigenvalue weighted by atomic mass is 16.3. The van der Waals surface area contributed by atoms with Gasteiger partial charge in [-0.05, 0) is 50.5 Å². The summed E-state index contributed by atoms with van der Waals surface area (Å²) in [5.41, 5.74) is 1.33. The van der Waals surface area contributed by atoms with Gasteiger partial charge in [0.05, 0.1) is 6.26 Å². The van der Waals surface area contributed by atoms with Crippen molar-refractivity contribution in [2.24, 2.45) is 10.4 Å². The van der Waals surface area contributed by atoms with Gasteiger partial charge in [0.1, 0.15) is 0 Å². The van der Waals surface area contributed by atoms with Crippen LogP contribution in [0.5, 0.6) is 0 Å². The highest BCUT2D eigenvalue weighted by Gasteiger charge is 2.27. The smallest absolute Gasteiger partial charge is 0.287 e. The average molecular weight is 348 g/mol. The van der Waals surface area contributed by atoms with Gasteiger partial charge < -0.3 is 20.4 Å². The van der Waals surface area contributed by atoms with Gasteiger partial charge in [0, 0.05) is 31.7 Å². The lowest BCUT2D eigenvalue weighted by atomic mass is 9.75.